The first-order valence-electron chi connectivity index (χ1n) is 10.1. The second kappa shape index (κ2) is 8.31. The van der Waals surface area contributed by atoms with Gasteiger partial charge in [-0.1, -0.05) is 12.1 Å². The highest BCUT2D eigenvalue weighted by atomic mass is 16.5. The van der Waals surface area contributed by atoms with Gasteiger partial charge < -0.3 is 10.1 Å². The van der Waals surface area contributed by atoms with Crippen LogP contribution in [0.25, 0.3) is 5.69 Å². The van der Waals surface area contributed by atoms with E-state index in [4.69, 9.17) is 4.74 Å². The summed E-state index contributed by atoms with van der Waals surface area (Å²) in [5, 5.41) is 15.2. The lowest BCUT2D eigenvalue weighted by molar-refractivity contribution is 0.0525. The number of tetrazole rings is 1. The second-order valence-corrected chi connectivity index (χ2v) is 7.51. The average Bonchev–Trinajstić information content (AvgIpc) is 3.40. The molecule has 4 rings (SSSR count). The number of esters is 1. The summed E-state index contributed by atoms with van der Waals surface area (Å²) in [7, 11) is 1.71. The number of nitrogens with zero attached hydrogens (tertiary/aromatic N) is 5. The molecular formula is C22H22N6O4. The number of carbonyl (C=O) groups excluding carboxylic acids is 3. The van der Waals surface area contributed by atoms with Crippen molar-refractivity contribution in [3.63, 3.8) is 0 Å². The van der Waals surface area contributed by atoms with Crippen LogP contribution in [0, 0.1) is 0 Å². The summed E-state index contributed by atoms with van der Waals surface area (Å²) in [5.74, 6) is -0.725. The molecule has 2 amide bonds. The van der Waals surface area contributed by atoms with Gasteiger partial charge in [-0.2, -0.15) is 4.68 Å². The number of benzene rings is 2. The molecule has 0 bridgehead atoms. The Balaban J connectivity index is 1.64. The van der Waals surface area contributed by atoms with Gasteiger partial charge in [-0.3, -0.25) is 14.5 Å². The number of amides is 2. The molecule has 0 radical (unpaired) electrons. The summed E-state index contributed by atoms with van der Waals surface area (Å²) in [6.45, 7) is 3.87. The normalized spacial score (nSPS) is 14.9. The van der Waals surface area contributed by atoms with Crippen LogP contribution < -0.4 is 5.32 Å². The summed E-state index contributed by atoms with van der Waals surface area (Å²) in [6.07, 6.45) is 0. The fourth-order valence-corrected chi connectivity index (χ4v) is 3.62. The molecular weight excluding hydrogens is 412 g/mol. The third kappa shape index (κ3) is 3.54. The van der Waals surface area contributed by atoms with Crippen LogP contribution in [-0.4, -0.2) is 63.1 Å². The van der Waals surface area contributed by atoms with Crippen molar-refractivity contribution >= 4 is 17.8 Å². The number of hydrogen-bond acceptors (Lipinski definition) is 8. The number of likely N-dealkylation sites (N-methyl/N-ethyl adjacent to an activating group) is 1. The van der Waals surface area contributed by atoms with Crippen molar-refractivity contribution in [3.05, 3.63) is 71.0 Å². The van der Waals surface area contributed by atoms with Gasteiger partial charge in [-0.15, -0.1) is 5.10 Å². The first-order chi connectivity index (χ1) is 15.4. The molecule has 0 spiro atoms. The Morgan fingerprint density at radius 2 is 1.69 bits per heavy atom. The molecule has 0 unspecified atom stereocenters. The summed E-state index contributed by atoms with van der Waals surface area (Å²) in [4.78, 5) is 38.8. The summed E-state index contributed by atoms with van der Waals surface area (Å²) in [5.41, 5.74) is 0.834. The number of imide groups is 1. The largest absolute Gasteiger partial charge is 0.462 e. The lowest BCUT2D eigenvalue weighted by Crippen LogP contribution is -2.50. The van der Waals surface area contributed by atoms with E-state index in [1.165, 1.54) is 9.58 Å². The maximum Gasteiger partial charge on any atom is 0.338 e. The topological polar surface area (TPSA) is 119 Å². The fourth-order valence-electron chi connectivity index (χ4n) is 3.62. The molecule has 1 aliphatic rings. The Bertz CT molecular complexity index is 1150. The average molecular weight is 434 g/mol. The maximum atomic E-state index is 12.9. The molecule has 10 heteroatoms. The molecule has 0 fully saturated rings. The zero-order valence-corrected chi connectivity index (χ0v) is 17.9. The molecule has 1 N–H and O–H groups in total. The quantitative estimate of drug-likeness (QED) is 0.440. The van der Waals surface area contributed by atoms with Gasteiger partial charge in [0, 0.05) is 0 Å². The standard InChI is InChI=1S/C22H22N6O4/c1-4-32-20(31)14-9-11-15(12-10-14)28-21(24-25-26-28)22(2,23-3)13-27-18(29)16-7-5-6-8-17(16)19(27)30/h5-12,23H,4,13H2,1-3H3/t22-/m0/s1. The van der Waals surface area contributed by atoms with Crippen LogP contribution in [0.4, 0.5) is 0 Å². The van der Waals surface area contributed by atoms with Crippen LogP contribution >= 0.6 is 0 Å². The summed E-state index contributed by atoms with van der Waals surface area (Å²) in [6, 6.07) is 13.4. The monoisotopic (exact) mass is 434 g/mol. The van der Waals surface area contributed by atoms with Crippen molar-refractivity contribution in [2.24, 2.45) is 0 Å². The van der Waals surface area contributed by atoms with Crippen molar-refractivity contribution in [3.8, 4) is 5.69 Å². The van der Waals surface area contributed by atoms with Crippen LogP contribution in [0.5, 0.6) is 0 Å². The van der Waals surface area contributed by atoms with Crippen LogP contribution in [0.2, 0.25) is 0 Å². The van der Waals surface area contributed by atoms with Gasteiger partial charge in [0.2, 0.25) is 0 Å². The zero-order valence-electron chi connectivity index (χ0n) is 17.9. The molecule has 0 aliphatic carbocycles. The van der Waals surface area contributed by atoms with E-state index < -0.39 is 11.5 Å². The fraction of sp³-hybridized carbons (Fsp3) is 0.273. The van der Waals surface area contributed by atoms with E-state index in [0.29, 0.717) is 28.2 Å². The molecule has 1 aromatic heterocycles. The smallest absolute Gasteiger partial charge is 0.338 e. The van der Waals surface area contributed by atoms with E-state index in [1.54, 1.807) is 62.5 Å². The van der Waals surface area contributed by atoms with E-state index in [-0.39, 0.29) is 25.0 Å². The van der Waals surface area contributed by atoms with Gasteiger partial charge in [-0.25, -0.2) is 4.79 Å². The molecule has 1 aliphatic heterocycles. The van der Waals surface area contributed by atoms with Crippen molar-refractivity contribution in [1.29, 1.82) is 0 Å². The molecule has 32 heavy (non-hydrogen) atoms. The van der Waals surface area contributed by atoms with Gasteiger partial charge in [0.15, 0.2) is 5.82 Å². The summed E-state index contributed by atoms with van der Waals surface area (Å²) < 4.78 is 6.51. The molecule has 10 nitrogen and oxygen atoms in total. The minimum absolute atomic E-state index is 0.0249. The van der Waals surface area contributed by atoms with Crippen molar-refractivity contribution < 1.29 is 19.1 Å². The first-order valence-corrected chi connectivity index (χ1v) is 10.1. The number of fused-ring (bicyclic) bond motifs is 1. The van der Waals surface area contributed by atoms with Crippen LogP contribution in [0.1, 0.15) is 50.7 Å². The Morgan fingerprint density at radius 3 is 2.25 bits per heavy atom. The Labute approximate surface area is 184 Å². The van der Waals surface area contributed by atoms with E-state index in [1.807, 2.05) is 6.92 Å². The molecule has 2 aromatic carbocycles. The number of nitrogens with one attached hydrogen (secondary N) is 1. The molecule has 0 saturated heterocycles. The summed E-state index contributed by atoms with van der Waals surface area (Å²) >= 11 is 0. The molecule has 2 heterocycles. The van der Waals surface area contributed by atoms with Gasteiger partial charge in [0.05, 0.1) is 41.1 Å². The zero-order chi connectivity index (χ0) is 22.9. The number of ether oxygens (including phenoxy) is 1. The van der Waals surface area contributed by atoms with Crippen LogP contribution in [0.3, 0.4) is 0 Å². The van der Waals surface area contributed by atoms with Gasteiger partial charge in [-0.05, 0) is 67.7 Å². The van der Waals surface area contributed by atoms with E-state index in [0.717, 1.165) is 0 Å². The predicted octanol–water partition coefficient (Wildman–Crippen LogP) is 1.57. The highest BCUT2D eigenvalue weighted by Crippen LogP contribution is 2.28. The second-order valence-electron chi connectivity index (χ2n) is 7.51. The van der Waals surface area contributed by atoms with Crippen LogP contribution in [-0.2, 0) is 10.3 Å². The van der Waals surface area contributed by atoms with Gasteiger partial charge in [0.1, 0.15) is 0 Å². The Hall–Kier alpha value is -3.92. The molecule has 0 saturated carbocycles. The SMILES string of the molecule is CCOC(=O)c1ccc(-n2nnnc2[C@](C)(CN2C(=O)c3ccccc3C2=O)NC)cc1. The van der Waals surface area contributed by atoms with Crippen molar-refractivity contribution in [1.82, 2.24) is 30.4 Å². The predicted molar refractivity (Wildman–Crippen MR) is 113 cm³/mol. The number of rotatable bonds is 7. The molecule has 1 atom stereocenters. The van der Waals surface area contributed by atoms with Crippen molar-refractivity contribution in [2.45, 2.75) is 19.4 Å². The maximum absolute atomic E-state index is 12.9. The van der Waals surface area contributed by atoms with Crippen molar-refractivity contribution in [2.75, 3.05) is 20.2 Å². The van der Waals surface area contributed by atoms with E-state index >= 15 is 0 Å². The number of aromatic nitrogens is 4. The molecule has 3 aromatic rings. The van der Waals surface area contributed by atoms with E-state index in [9.17, 15) is 14.4 Å². The highest BCUT2D eigenvalue weighted by Gasteiger charge is 2.42. The third-order valence-corrected chi connectivity index (χ3v) is 5.49. The van der Waals surface area contributed by atoms with Crippen LogP contribution in [0.15, 0.2) is 48.5 Å². The number of carbonyl (C=O) groups is 3. The lowest BCUT2D eigenvalue weighted by atomic mass is 10.0. The van der Waals surface area contributed by atoms with E-state index in [2.05, 4.69) is 20.8 Å². The number of hydrogen-bond donors (Lipinski definition) is 1. The minimum Gasteiger partial charge on any atom is -0.462 e. The third-order valence-electron chi connectivity index (χ3n) is 5.49. The lowest BCUT2D eigenvalue weighted by Gasteiger charge is -2.31. The molecule has 164 valence electrons. The Morgan fingerprint density at radius 1 is 1.06 bits per heavy atom. The Kier molecular flexibility index (Phi) is 5.54. The first kappa shape index (κ1) is 21.3. The van der Waals surface area contributed by atoms with Gasteiger partial charge >= 0.3 is 5.97 Å². The highest BCUT2D eigenvalue weighted by molar-refractivity contribution is 6.21. The van der Waals surface area contributed by atoms with Gasteiger partial charge in [0.25, 0.3) is 11.8 Å². The minimum atomic E-state index is -0.948.